The second-order valence-electron chi connectivity index (χ2n) is 7.13. The van der Waals surface area contributed by atoms with E-state index in [0.717, 1.165) is 31.4 Å². The number of rotatable bonds is 8. The maximum atomic E-state index is 12.8. The zero-order valence-corrected chi connectivity index (χ0v) is 15.9. The lowest BCUT2D eigenvalue weighted by molar-refractivity contribution is -0.122. The van der Waals surface area contributed by atoms with Gasteiger partial charge >= 0.3 is 0 Å². The summed E-state index contributed by atoms with van der Waals surface area (Å²) in [5, 5.41) is 3.13. The highest BCUT2D eigenvalue weighted by atomic mass is 16.3. The molecule has 2 amide bonds. The molecule has 1 saturated carbocycles. The molecular formula is C20H32N2O3. The van der Waals surface area contributed by atoms with Gasteiger partial charge in [-0.3, -0.25) is 9.59 Å². The van der Waals surface area contributed by atoms with Crippen LogP contribution in [0.15, 0.2) is 10.5 Å². The molecule has 0 aliphatic heterocycles. The number of unbranched alkanes of at least 4 members (excludes halogenated alkanes) is 1. The average Bonchev–Trinajstić information content (AvgIpc) is 2.93. The van der Waals surface area contributed by atoms with Gasteiger partial charge in [0.15, 0.2) is 0 Å². The monoisotopic (exact) mass is 348 g/mol. The van der Waals surface area contributed by atoms with Gasteiger partial charge in [-0.05, 0) is 39.2 Å². The Kier molecular flexibility index (Phi) is 7.53. The van der Waals surface area contributed by atoms with Gasteiger partial charge in [0.2, 0.25) is 5.91 Å². The summed E-state index contributed by atoms with van der Waals surface area (Å²) in [6.07, 6.45) is 8.15. The Hall–Kier alpha value is -1.78. The third-order valence-electron chi connectivity index (χ3n) is 4.92. The first-order valence-corrected chi connectivity index (χ1v) is 9.67. The highest BCUT2D eigenvalue weighted by molar-refractivity contribution is 5.95. The Morgan fingerprint density at radius 3 is 2.52 bits per heavy atom. The molecule has 0 atom stereocenters. The van der Waals surface area contributed by atoms with E-state index < -0.39 is 0 Å². The first-order valence-electron chi connectivity index (χ1n) is 9.67. The number of hydrogen-bond donors (Lipinski definition) is 1. The molecule has 0 aromatic carbocycles. The van der Waals surface area contributed by atoms with Gasteiger partial charge < -0.3 is 14.6 Å². The molecule has 1 N–H and O–H groups in total. The fraction of sp³-hybridized carbons (Fsp3) is 0.700. The molecule has 140 valence electrons. The van der Waals surface area contributed by atoms with Gasteiger partial charge in [0.05, 0.1) is 5.56 Å². The number of nitrogens with zero attached hydrogens (tertiary/aromatic N) is 1. The molecule has 1 aromatic rings. The molecule has 1 aliphatic rings. The third-order valence-corrected chi connectivity index (χ3v) is 4.92. The highest BCUT2D eigenvalue weighted by Crippen LogP contribution is 2.18. The van der Waals surface area contributed by atoms with Crippen molar-refractivity contribution in [2.45, 2.75) is 78.2 Å². The Balaban J connectivity index is 1.91. The van der Waals surface area contributed by atoms with Crippen LogP contribution in [0.25, 0.3) is 0 Å². The van der Waals surface area contributed by atoms with E-state index in [1.54, 1.807) is 11.0 Å². The number of amides is 2. The molecule has 2 rings (SSSR count). The zero-order valence-electron chi connectivity index (χ0n) is 15.9. The summed E-state index contributed by atoms with van der Waals surface area (Å²) in [5.74, 6) is 1.41. The number of carbonyl (C=O) groups is 2. The number of furan rings is 1. The lowest BCUT2D eigenvalue weighted by atomic mass is 9.95. The summed E-state index contributed by atoms with van der Waals surface area (Å²) in [5.41, 5.74) is 0.612. The summed E-state index contributed by atoms with van der Waals surface area (Å²) in [4.78, 5) is 26.9. The van der Waals surface area contributed by atoms with Gasteiger partial charge in [-0.25, -0.2) is 0 Å². The molecule has 0 spiro atoms. The Morgan fingerprint density at radius 2 is 1.92 bits per heavy atom. The van der Waals surface area contributed by atoms with E-state index in [1.165, 1.54) is 19.3 Å². The minimum atomic E-state index is -0.0340. The van der Waals surface area contributed by atoms with Crippen LogP contribution in [0.3, 0.4) is 0 Å². The fourth-order valence-corrected chi connectivity index (χ4v) is 3.46. The van der Waals surface area contributed by atoms with Crippen LogP contribution in [0.2, 0.25) is 0 Å². The SMILES string of the molecule is CCCCN(CCC(=O)NC1CCCCC1)C(=O)c1cc(C)oc1C. The highest BCUT2D eigenvalue weighted by Gasteiger charge is 2.22. The van der Waals surface area contributed by atoms with Gasteiger partial charge in [-0.2, -0.15) is 0 Å². The van der Waals surface area contributed by atoms with Gasteiger partial charge in [0.1, 0.15) is 11.5 Å². The van der Waals surface area contributed by atoms with E-state index in [4.69, 9.17) is 4.42 Å². The number of carbonyl (C=O) groups excluding carboxylic acids is 2. The van der Waals surface area contributed by atoms with Gasteiger partial charge in [-0.15, -0.1) is 0 Å². The molecule has 1 aliphatic carbocycles. The summed E-state index contributed by atoms with van der Waals surface area (Å²) in [6, 6.07) is 2.11. The van der Waals surface area contributed by atoms with E-state index in [1.807, 2.05) is 13.8 Å². The van der Waals surface area contributed by atoms with Crippen LogP contribution in [-0.4, -0.2) is 35.8 Å². The lowest BCUT2D eigenvalue weighted by Gasteiger charge is -2.25. The van der Waals surface area contributed by atoms with Crippen LogP contribution in [-0.2, 0) is 4.79 Å². The third kappa shape index (κ3) is 5.91. The lowest BCUT2D eigenvalue weighted by Crippen LogP contribution is -2.39. The maximum Gasteiger partial charge on any atom is 0.257 e. The van der Waals surface area contributed by atoms with Crippen LogP contribution >= 0.6 is 0 Å². The van der Waals surface area contributed by atoms with Crippen LogP contribution in [0.5, 0.6) is 0 Å². The van der Waals surface area contributed by atoms with Crippen LogP contribution < -0.4 is 5.32 Å². The molecular weight excluding hydrogens is 316 g/mol. The minimum absolute atomic E-state index is 0.0340. The molecule has 5 nitrogen and oxygen atoms in total. The summed E-state index contributed by atoms with van der Waals surface area (Å²) in [7, 11) is 0. The van der Waals surface area contributed by atoms with Crippen LogP contribution in [0.4, 0.5) is 0 Å². The predicted molar refractivity (Wildman–Crippen MR) is 98.6 cm³/mol. The number of hydrogen-bond acceptors (Lipinski definition) is 3. The predicted octanol–water partition coefficient (Wildman–Crippen LogP) is 3.98. The average molecular weight is 348 g/mol. The van der Waals surface area contributed by atoms with Gasteiger partial charge in [0, 0.05) is 25.6 Å². The maximum absolute atomic E-state index is 12.8. The van der Waals surface area contributed by atoms with Crippen molar-refractivity contribution in [2.75, 3.05) is 13.1 Å². The summed E-state index contributed by atoms with van der Waals surface area (Å²) in [6.45, 7) is 6.90. The number of aryl methyl sites for hydroxylation is 2. The Bertz CT molecular complexity index is 573. The normalized spacial score (nSPS) is 15.2. The second-order valence-corrected chi connectivity index (χ2v) is 7.13. The largest absolute Gasteiger partial charge is 0.466 e. The van der Waals surface area contributed by atoms with Crippen molar-refractivity contribution in [2.24, 2.45) is 0 Å². The Labute approximate surface area is 151 Å². The molecule has 25 heavy (non-hydrogen) atoms. The number of nitrogens with one attached hydrogen (secondary N) is 1. The standard InChI is InChI=1S/C20H32N2O3/c1-4-5-12-22(20(24)18-14-15(2)25-16(18)3)13-11-19(23)21-17-9-7-6-8-10-17/h14,17H,4-13H2,1-3H3,(H,21,23). The molecule has 0 unspecified atom stereocenters. The first-order chi connectivity index (χ1) is 12.0. The van der Waals surface area contributed by atoms with Crippen LogP contribution in [0.1, 0.15) is 80.2 Å². The van der Waals surface area contributed by atoms with E-state index in [0.29, 0.717) is 36.9 Å². The topological polar surface area (TPSA) is 62.6 Å². The summed E-state index contributed by atoms with van der Waals surface area (Å²) >= 11 is 0. The molecule has 0 bridgehead atoms. The van der Waals surface area contributed by atoms with E-state index in [-0.39, 0.29) is 11.8 Å². The fourth-order valence-electron chi connectivity index (χ4n) is 3.46. The van der Waals surface area contributed by atoms with Gasteiger partial charge in [-0.1, -0.05) is 32.6 Å². The van der Waals surface area contributed by atoms with Crippen molar-refractivity contribution in [3.63, 3.8) is 0 Å². The molecule has 5 heteroatoms. The second kappa shape index (κ2) is 9.64. The first kappa shape index (κ1) is 19.5. The molecule has 1 heterocycles. The zero-order chi connectivity index (χ0) is 18.2. The van der Waals surface area contributed by atoms with Crippen molar-refractivity contribution >= 4 is 11.8 Å². The van der Waals surface area contributed by atoms with Crippen molar-refractivity contribution in [1.82, 2.24) is 10.2 Å². The minimum Gasteiger partial charge on any atom is -0.466 e. The Morgan fingerprint density at radius 1 is 1.20 bits per heavy atom. The van der Waals surface area contributed by atoms with E-state index in [9.17, 15) is 9.59 Å². The van der Waals surface area contributed by atoms with E-state index >= 15 is 0 Å². The molecule has 0 radical (unpaired) electrons. The molecule has 1 fully saturated rings. The van der Waals surface area contributed by atoms with Crippen molar-refractivity contribution in [3.8, 4) is 0 Å². The van der Waals surface area contributed by atoms with E-state index in [2.05, 4.69) is 12.2 Å². The van der Waals surface area contributed by atoms with Crippen LogP contribution in [0, 0.1) is 13.8 Å². The summed E-state index contributed by atoms with van der Waals surface area (Å²) < 4.78 is 5.49. The van der Waals surface area contributed by atoms with Crippen molar-refractivity contribution < 1.29 is 14.0 Å². The van der Waals surface area contributed by atoms with Gasteiger partial charge in [0.25, 0.3) is 5.91 Å². The molecule has 1 aromatic heterocycles. The molecule has 0 saturated heterocycles. The van der Waals surface area contributed by atoms with Crippen molar-refractivity contribution in [1.29, 1.82) is 0 Å². The van der Waals surface area contributed by atoms with Crippen molar-refractivity contribution in [3.05, 3.63) is 23.2 Å². The quantitative estimate of drug-likeness (QED) is 0.773. The smallest absolute Gasteiger partial charge is 0.257 e.